The van der Waals surface area contributed by atoms with Crippen LogP contribution in [-0.2, 0) is 22.7 Å². The molecule has 1 aliphatic rings. The van der Waals surface area contributed by atoms with E-state index in [9.17, 15) is 9.59 Å². The minimum atomic E-state index is -0.396. The summed E-state index contributed by atoms with van der Waals surface area (Å²) in [4.78, 5) is 29.3. The van der Waals surface area contributed by atoms with Crippen molar-refractivity contribution >= 4 is 51.1 Å². The van der Waals surface area contributed by atoms with Gasteiger partial charge in [0, 0.05) is 46.8 Å². The van der Waals surface area contributed by atoms with Gasteiger partial charge in [0.1, 0.15) is 18.1 Å². The lowest BCUT2D eigenvalue weighted by molar-refractivity contribution is -0.136. The maximum absolute atomic E-state index is 13.3. The van der Waals surface area contributed by atoms with Crippen LogP contribution in [0.3, 0.4) is 0 Å². The van der Waals surface area contributed by atoms with Crippen LogP contribution in [0.1, 0.15) is 24.0 Å². The molecule has 0 saturated carbocycles. The van der Waals surface area contributed by atoms with Gasteiger partial charge in [-0.05, 0) is 48.7 Å². The topological polar surface area (TPSA) is 59.1 Å². The summed E-state index contributed by atoms with van der Waals surface area (Å²) in [6.45, 7) is 1.46. The molecule has 4 rings (SSSR count). The molecule has 1 heterocycles. The normalized spacial score (nSPS) is 15.2. The molecule has 1 fully saturated rings. The lowest BCUT2D eigenvalue weighted by atomic mass is 9.96. The molecular weight excluding hydrogens is 579 g/mol. The van der Waals surface area contributed by atoms with Crippen LogP contribution in [0.5, 0.6) is 11.5 Å². The highest BCUT2D eigenvalue weighted by Crippen LogP contribution is 2.33. The van der Waals surface area contributed by atoms with Gasteiger partial charge < -0.3 is 19.3 Å². The molecule has 3 aromatic carbocycles. The number of ether oxygens (including phenoxy) is 2. The number of hydrogen-bond acceptors (Lipinski definition) is 4. The van der Waals surface area contributed by atoms with Crippen molar-refractivity contribution in [3.8, 4) is 11.5 Å². The number of carbonyl (C=O) groups is 2. The summed E-state index contributed by atoms with van der Waals surface area (Å²) in [7, 11) is 1.76. The molecule has 3 aromatic rings. The van der Waals surface area contributed by atoms with Crippen LogP contribution in [-0.4, -0.2) is 41.9 Å². The van der Waals surface area contributed by atoms with Gasteiger partial charge in [-0.1, -0.05) is 75.5 Å². The molecule has 194 valence electrons. The molecule has 0 aliphatic carbocycles. The Bertz CT molecular complexity index is 1240. The standard InChI is InChI=1S/C28H27BrCl2N2O4/c1-32(16-20-9-10-22(29)12-26(20)37-25-14-23(30)13-24(31)15-25)27(34)21-8-5-11-33(17-21)28(35)36-18-19-6-3-2-4-7-19/h2-4,6-7,9-10,12-15,21H,5,8,11,16-18H2,1H3. The number of carbonyl (C=O) groups excluding carboxylic acids is 2. The summed E-state index contributed by atoms with van der Waals surface area (Å²) < 4.78 is 12.4. The third kappa shape index (κ3) is 7.63. The molecular formula is C28H27BrCl2N2O4. The number of benzene rings is 3. The Hall–Kier alpha value is -2.74. The second kappa shape index (κ2) is 12.7. The number of halogens is 3. The van der Waals surface area contributed by atoms with Crippen molar-refractivity contribution in [1.29, 1.82) is 0 Å². The largest absolute Gasteiger partial charge is 0.457 e. The summed E-state index contributed by atoms with van der Waals surface area (Å²) in [5.74, 6) is 0.764. The Balaban J connectivity index is 1.39. The van der Waals surface area contributed by atoms with Crippen LogP contribution >= 0.6 is 39.1 Å². The molecule has 37 heavy (non-hydrogen) atoms. The third-order valence-electron chi connectivity index (χ3n) is 6.11. The van der Waals surface area contributed by atoms with Crippen LogP contribution in [0, 0.1) is 5.92 Å². The Kier molecular flexibility index (Phi) is 9.35. The maximum Gasteiger partial charge on any atom is 0.410 e. The van der Waals surface area contributed by atoms with Gasteiger partial charge in [-0.3, -0.25) is 4.79 Å². The van der Waals surface area contributed by atoms with E-state index in [4.69, 9.17) is 32.7 Å². The SMILES string of the molecule is CN(Cc1ccc(Br)cc1Oc1cc(Cl)cc(Cl)c1)C(=O)C1CCCN(C(=O)OCc2ccccc2)C1. The third-order valence-corrected chi connectivity index (χ3v) is 7.04. The molecule has 9 heteroatoms. The Morgan fingerprint density at radius 1 is 1.05 bits per heavy atom. The molecule has 0 radical (unpaired) electrons. The number of rotatable bonds is 7. The number of amides is 2. The van der Waals surface area contributed by atoms with Crippen molar-refractivity contribution in [2.24, 2.45) is 5.92 Å². The molecule has 1 atom stereocenters. The summed E-state index contributed by atoms with van der Waals surface area (Å²) in [6, 6.07) is 20.2. The highest BCUT2D eigenvalue weighted by molar-refractivity contribution is 9.10. The first-order valence-electron chi connectivity index (χ1n) is 11.9. The molecule has 6 nitrogen and oxygen atoms in total. The predicted octanol–water partition coefficient (Wildman–Crippen LogP) is 7.56. The number of hydrogen-bond donors (Lipinski definition) is 0. The van der Waals surface area contributed by atoms with Crippen LogP contribution in [0.25, 0.3) is 0 Å². The lowest BCUT2D eigenvalue weighted by Gasteiger charge is -2.33. The quantitative estimate of drug-likeness (QED) is 0.279. The van der Waals surface area contributed by atoms with E-state index < -0.39 is 6.09 Å². The number of likely N-dealkylation sites (tertiary alicyclic amines) is 1. The summed E-state index contributed by atoms with van der Waals surface area (Å²) in [6.07, 6.45) is 1.07. The minimum Gasteiger partial charge on any atom is -0.457 e. The van der Waals surface area contributed by atoms with E-state index in [0.29, 0.717) is 41.2 Å². The first-order valence-corrected chi connectivity index (χ1v) is 13.5. The van der Waals surface area contributed by atoms with E-state index in [-0.39, 0.29) is 18.4 Å². The maximum atomic E-state index is 13.3. The zero-order valence-electron chi connectivity index (χ0n) is 20.3. The van der Waals surface area contributed by atoms with Crippen molar-refractivity contribution in [1.82, 2.24) is 9.80 Å². The van der Waals surface area contributed by atoms with Gasteiger partial charge >= 0.3 is 6.09 Å². The molecule has 0 N–H and O–H groups in total. The number of nitrogens with zero attached hydrogens (tertiary/aromatic N) is 2. The first kappa shape index (κ1) is 27.3. The smallest absolute Gasteiger partial charge is 0.410 e. The van der Waals surface area contributed by atoms with Crippen molar-refractivity contribution < 1.29 is 19.1 Å². The van der Waals surface area contributed by atoms with E-state index in [0.717, 1.165) is 28.4 Å². The van der Waals surface area contributed by atoms with Gasteiger partial charge in [0.05, 0.1) is 5.92 Å². The fourth-order valence-electron chi connectivity index (χ4n) is 4.27. The summed E-state index contributed by atoms with van der Waals surface area (Å²) >= 11 is 15.7. The Morgan fingerprint density at radius 2 is 1.78 bits per heavy atom. The Morgan fingerprint density at radius 3 is 2.51 bits per heavy atom. The highest BCUT2D eigenvalue weighted by Gasteiger charge is 2.31. The van der Waals surface area contributed by atoms with Crippen molar-refractivity contribution in [3.05, 3.63) is 92.4 Å². The van der Waals surface area contributed by atoms with E-state index in [1.165, 1.54) is 0 Å². The molecule has 2 amide bonds. The Labute approximate surface area is 235 Å². The van der Waals surface area contributed by atoms with Gasteiger partial charge in [0.25, 0.3) is 0 Å². The van der Waals surface area contributed by atoms with Crippen LogP contribution in [0.4, 0.5) is 4.79 Å². The zero-order valence-corrected chi connectivity index (χ0v) is 23.4. The highest BCUT2D eigenvalue weighted by atomic mass is 79.9. The van der Waals surface area contributed by atoms with E-state index >= 15 is 0 Å². The second-order valence-corrected chi connectivity index (χ2v) is 10.8. The summed E-state index contributed by atoms with van der Waals surface area (Å²) in [5.41, 5.74) is 1.75. The van der Waals surface area contributed by atoms with E-state index in [2.05, 4.69) is 15.9 Å². The molecule has 1 aliphatic heterocycles. The van der Waals surface area contributed by atoms with Crippen LogP contribution in [0.15, 0.2) is 71.2 Å². The molecule has 0 bridgehead atoms. The zero-order chi connectivity index (χ0) is 26.4. The summed E-state index contributed by atoms with van der Waals surface area (Å²) in [5, 5.41) is 0.936. The van der Waals surface area contributed by atoms with Gasteiger partial charge in [-0.2, -0.15) is 0 Å². The molecule has 0 spiro atoms. The average molecular weight is 606 g/mol. The number of piperidine rings is 1. The van der Waals surface area contributed by atoms with E-state index in [1.54, 1.807) is 35.0 Å². The predicted molar refractivity (Wildman–Crippen MR) is 148 cm³/mol. The lowest BCUT2D eigenvalue weighted by Crippen LogP contribution is -2.45. The van der Waals surface area contributed by atoms with Crippen LogP contribution < -0.4 is 4.74 Å². The minimum absolute atomic E-state index is 0.0276. The van der Waals surface area contributed by atoms with Crippen LogP contribution in [0.2, 0.25) is 10.0 Å². The van der Waals surface area contributed by atoms with Gasteiger partial charge in [-0.25, -0.2) is 4.79 Å². The van der Waals surface area contributed by atoms with Crippen molar-refractivity contribution in [2.45, 2.75) is 26.0 Å². The molecule has 0 aromatic heterocycles. The molecule has 1 unspecified atom stereocenters. The fraction of sp³-hybridized carbons (Fsp3) is 0.286. The average Bonchev–Trinajstić information content (AvgIpc) is 2.88. The van der Waals surface area contributed by atoms with Gasteiger partial charge in [0.2, 0.25) is 5.91 Å². The molecule has 1 saturated heterocycles. The monoisotopic (exact) mass is 604 g/mol. The fourth-order valence-corrected chi connectivity index (χ4v) is 5.11. The van der Waals surface area contributed by atoms with Gasteiger partial charge in [0.15, 0.2) is 0 Å². The van der Waals surface area contributed by atoms with E-state index in [1.807, 2.05) is 48.5 Å². The first-order chi connectivity index (χ1) is 17.8. The van der Waals surface area contributed by atoms with Crippen molar-refractivity contribution in [2.75, 3.05) is 20.1 Å². The van der Waals surface area contributed by atoms with Gasteiger partial charge in [-0.15, -0.1) is 0 Å². The second-order valence-electron chi connectivity index (χ2n) is 8.98. The van der Waals surface area contributed by atoms with Crippen molar-refractivity contribution in [3.63, 3.8) is 0 Å².